The van der Waals surface area contributed by atoms with Gasteiger partial charge in [0.2, 0.25) is 0 Å². The van der Waals surface area contributed by atoms with Gasteiger partial charge in [0.15, 0.2) is 0 Å². The van der Waals surface area contributed by atoms with Crippen LogP contribution in [0.5, 0.6) is 5.75 Å². The molecule has 7 heteroatoms. The fourth-order valence-electron chi connectivity index (χ4n) is 8.42. The van der Waals surface area contributed by atoms with E-state index in [1.54, 1.807) is 12.1 Å². The Bertz CT molecular complexity index is 3190. The molecule has 10 rings (SSSR count). The largest absolute Gasteiger partial charge is 0.488 e. The molecule has 2 aliphatic rings. The predicted octanol–water partition coefficient (Wildman–Crippen LogP) is 11.9. The van der Waals surface area contributed by atoms with E-state index >= 15 is 0 Å². The highest BCUT2D eigenvalue weighted by atomic mass is 16.5. The van der Waals surface area contributed by atoms with Gasteiger partial charge in [-0.05, 0) is 88.5 Å². The predicted molar refractivity (Wildman–Crippen MR) is 251 cm³/mol. The smallest absolute Gasteiger partial charge is 0.130 e. The van der Waals surface area contributed by atoms with Gasteiger partial charge < -0.3 is 24.9 Å². The van der Waals surface area contributed by atoms with Gasteiger partial charge in [-0.25, -0.2) is 9.97 Å². The minimum Gasteiger partial charge on any atom is -0.488 e. The summed E-state index contributed by atoms with van der Waals surface area (Å²) in [7, 11) is 0. The van der Waals surface area contributed by atoms with Crippen LogP contribution in [-0.2, 0) is 19.8 Å². The van der Waals surface area contributed by atoms with Crippen molar-refractivity contribution in [2.45, 2.75) is 19.8 Å². The molecule has 0 unspecified atom stereocenters. The maximum Gasteiger partial charge on any atom is 0.130 e. The summed E-state index contributed by atoms with van der Waals surface area (Å²) in [4.78, 5) is 18.4. The number of aromatic nitrogens is 4. The third kappa shape index (κ3) is 7.20. The molecule has 5 heterocycles. The molecule has 298 valence electrons. The highest BCUT2D eigenvalue weighted by Gasteiger charge is 2.19. The molecule has 2 aliphatic heterocycles. The van der Waals surface area contributed by atoms with Crippen LogP contribution in [0.4, 0.5) is 0 Å². The normalized spacial score (nSPS) is 11.8. The molecular formula is C55H40N4O3. The summed E-state index contributed by atoms with van der Waals surface area (Å²) in [5, 5.41) is 20.2. The van der Waals surface area contributed by atoms with Crippen molar-refractivity contribution < 1.29 is 14.9 Å². The Kier molecular flexibility index (Phi) is 10.2. The molecule has 0 saturated carbocycles. The van der Waals surface area contributed by atoms with Crippen LogP contribution in [0.2, 0.25) is 0 Å². The maximum absolute atomic E-state index is 10.1. The van der Waals surface area contributed by atoms with E-state index in [2.05, 4.69) is 149 Å². The van der Waals surface area contributed by atoms with E-state index in [0.29, 0.717) is 22.4 Å². The van der Waals surface area contributed by atoms with Crippen LogP contribution in [0.1, 0.15) is 45.0 Å². The number of hydrogen-bond acceptors (Lipinski definition) is 5. The molecule has 5 aromatic carbocycles. The van der Waals surface area contributed by atoms with E-state index in [0.717, 1.165) is 94.9 Å². The van der Waals surface area contributed by atoms with Gasteiger partial charge >= 0.3 is 0 Å². The molecule has 8 aromatic rings. The average Bonchev–Trinajstić information content (AvgIpc) is 4.18. The molecule has 8 bridgehead atoms. The number of aromatic amines is 2. The van der Waals surface area contributed by atoms with E-state index in [1.165, 1.54) is 0 Å². The second-order valence-corrected chi connectivity index (χ2v) is 15.2. The van der Waals surface area contributed by atoms with Gasteiger partial charge in [0.25, 0.3) is 0 Å². The fraction of sp³-hybridized carbons (Fsp3) is 0.0545. The van der Waals surface area contributed by atoms with Crippen molar-refractivity contribution in [3.8, 4) is 62.6 Å². The summed E-state index contributed by atoms with van der Waals surface area (Å²) in [6, 6.07) is 51.3. The molecule has 7 nitrogen and oxygen atoms in total. The van der Waals surface area contributed by atoms with Crippen LogP contribution < -0.4 is 4.74 Å². The lowest BCUT2D eigenvalue weighted by molar-refractivity contribution is 0.242. The van der Waals surface area contributed by atoms with E-state index in [9.17, 15) is 10.2 Å². The highest BCUT2D eigenvalue weighted by Crippen LogP contribution is 2.38. The van der Waals surface area contributed by atoms with Crippen LogP contribution in [0.15, 0.2) is 152 Å². The van der Waals surface area contributed by atoms with Crippen molar-refractivity contribution in [3.63, 3.8) is 0 Å². The second kappa shape index (κ2) is 16.6. The average molecular weight is 805 g/mol. The van der Waals surface area contributed by atoms with Gasteiger partial charge in [0.05, 0.1) is 36.0 Å². The zero-order valence-electron chi connectivity index (χ0n) is 33.6. The molecular weight excluding hydrogens is 765 g/mol. The molecule has 4 N–H and O–H groups in total. The maximum atomic E-state index is 10.1. The van der Waals surface area contributed by atoms with Gasteiger partial charge in [-0.1, -0.05) is 121 Å². The van der Waals surface area contributed by atoms with Crippen LogP contribution in [-0.4, -0.2) is 30.1 Å². The minimum absolute atomic E-state index is 0.220. The topological polar surface area (TPSA) is 107 Å². The van der Waals surface area contributed by atoms with Crippen molar-refractivity contribution in [3.05, 3.63) is 197 Å². The summed E-state index contributed by atoms with van der Waals surface area (Å²) in [5.41, 5.74) is 17.6. The van der Waals surface area contributed by atoms with E-state index in [-0.39, 0.29) is 19.8 Å². The summed E-state index contributed by atoms with van der Waals surface area (Å²) >= 11 is 0. The number of rotatable bonds is 9. The second-order valence-electron chi connectivity index (χ2n) is 15.2. The number of benzene rings is 5. The van der Waals surface area contributed by atoms with E-state index in [1.807, 2.05) is 30.3 Å². The zero-order chi connectivity index (χ0) is 42.0. The Labute approximate surface area is 359 Å². The van der Waals surface area contributed by atoms with Crippen molar-refractivity contribution in [2.24, 2.45) is 0 Å². The quantitative estimate of drug-likeness (QED) is 0.109. The fourth-order valence-corrected chi connectivity index (χ4v) is 8.42. The third-order valence-corrected chi connectivity index (χ3v) is 11.3. The Hall–Kier alpha value is -8.02. The third-order valence-electron chi connectivity index (χ3n) is 11.3. The molecule has 0 radical (unpaired) electrons. The Balaban J connectivity index is 1.21. The number of nitrogens with zero attached hydrogens (tertiary/aromatic N) is 2. The summed E-state index contributed by atoms with van der Waals surface area (Å²) in [5.74, 6) is 3.02. The van der Waals surface area contributed by atoms with Crippen LogP contribution >= 0.6 is 0 Å². The number of terminal acetylenes is 1. The lowest BCUT2D eigenvalue weighted by Gasteiger charge is -2.15. The molecule has 0 atom stereocenters. The molecule has 3 aromatic heterocycles. The Morgan fingerprint density at radius 1 is 0.468 bits per heavy atom. The van der Waals surface area contributed by atoms with Crippen molar-refractivity contribution in [2.75, 3.05) is 0 Å². The SMILES string of the molecule is C#Cc1cc(CO)c(OCc2ccc(-c3c4nc(c(-c5ccccc5)c5ccc([nH]5)c(-c5ccccc5)c5nc(c(-c6ccccc6)c6ccc3[nH]6)C=C5)C=C4)cc2)c(CO)c1. The lowest BCUT2D eigenvalue weighted by atomic mass is 10.0. The van der Waals surface area contributed by atoms with E-state index < -0.39 is 0 Å². The van der Waals surface area contributed by atoms with E-state index in [4.69, 9.17) is 21.1 Å². The van der Waals surface area contributed by atoms with Crippen LogP contribution in [0, 0.1) is 12.3 Å². The molecule has 62 heavy (non-hydrogen) atoms. The monoisotopic (exact) mass is 804 g/mol. The summed E-state index contributed by atoms with van der Waals surface area (Å²) in [6.45, 7) is -0.316. The number of fused-ring (bicyclic) bond motifs is 8. The highest BCUT2D eigenvalue weighted by molar-refractivity contribution is 5.99. The number of H-pyrrole nitrogens is 2. The molecule has 0 fully saturated rings. The van der Waals surface area contributed by atoms with Gasteiger partial charge in [0.1, 0.15) is 12.4 Å². The Morgan fingerprint density at radius 2 is 0.823 bits per heavy atom. The van der Waals surface area contributed by atoms with Crippen molar-refractivity contribution in [1.82, 2.24) is 19.9 Å². The minimum atomic E-state index is -0.268. The van der Waals surface area contributed by atoms with Gasteiger partial charge in [0, 0.05) is 61.0 Å². The number of ether oxygens (including phenoxy) is 1. The molecule has 0 aliphatic carbocycles. The number of hydrogen-bond donors (Lipinski definition) is 4. The molecule has 0 spiro atoms. The number of nitrogens with one attached hydrogen (secondary N) is 2. The first kappa shape index (κ1) is 38.2. The lowest BCUT2D eigenvalue weighted by Crippen LogP contribution is -2.03. The van der Waals surface area contributed by atoms with Crippen LogP contribution in [0.3, 0.4) is 0 Å². The first-order valence-electron chi connectivity index (χ1n) is 20.5. The zero-order valence-corrected chi connectivity index (χ0v) is 33.6. The summed E-state index contributed by atoms with van der Waals surface area (Å²) in [6.07, 6.45) is 14.0. The van der Waals surface area contributed by atoms with Gasteiger partial charge in [-0.3, -0.25) is 0 Å². The first-order chi connectivity index (χ1) is 30.6. The van der Waals surface area contributed by atoms with Gasteiger partial charge in [-0.15, -0.1) is 6.42 Å². The van der Waals surface area contributed by atoms with Crippen molar-refractivity contribution in [1.29, 1.82) is 0 Å². The van der Waals surface area contributed by atoms with Crippen molar-refractivity contribution >= 4 is 46.4 Å². The first-order valence-corrected chi connectivity index (χ1v) is 20.5. The Morgan fingerprint density at radius 3 is 1.16 bits per heavy atom. The summed E-state index contributed by atoms with van der Waals surface area (Å²) < 4.78 is 6.23. The van der Waals surface area contributed by atoms with Crippen LogP contribution in [0.25, 0.3) is 90.9 Å². The van der Waals surface area contributed by atoms with Gasteiger partial charge in [-0.2, -0.15) is 0 Å². The molecule has 0 amide bonds. The molecule has 0 saturated heterocycles. The number of aliphatic hydroxyl groups excluding tert-OH is 2. The number of aliphatic hydroxyl groups is 2. The standard InChI is InChI=1S/C55H40N4O3/c1-2-35-30-41(32-60)55(42(31-35)33-61)62-34-36-18-20-40(21-19-36)54-49-28-26-47(58-49)52(38-14-8-4-9-15-38)45-24-22-43(56-45)51(37-12-6-3-7-13-37)44-23-25-46(57-44)53(39-16-10-5-11-17-39)48-27-29-50(54)59-48/h1,3-31,56,59-61H,32-34H2.